The van der Waals surface area contributed by atoms with Crippen molar-refractivity contribution in [3.05, 3.63) is 12.0 Å². The molecule has 2 aliphatic carbocycles. The van der Waals surface area contributed by atoms with Crippen molar-refractivity contribution in [3.63, 3.8) is 0 Å². The van der Waals surface area contributed by atoms with E-state index < -0.39 is 0 Å². The summed E-state index contributed by atoms with van der Waals surface area (Å²) < 4.78 is 5.52. The van der Waals surface area contributed by atoms with Crippen LogP contribution in [0.5, 0.6) is 0 Å². The minimum atomic E-state index is 0.722. The molecule has 1 N–H and O–H groups in total. The summed E-state index contributed by atoms with van der Waals surface area (Å²) in [7, 11) is 2.06. The molecule has 0 saturated heterocycles. The van der Waals surface area contributed by atoms with Crippen LogP contribution in [0.15, 0.2) is 10.7 Å². The number of oxazole rings is 1. The van der Waals surface area contributed by atoms with Crippen molar-refractivity contribution in [2.45, 2.75) is 38.8 Å². The number of hydrogen-bond donors (Lipinski definition) is 1. The van der Waals surface area contributed by atoms with Crippen LogP contribution in [-0.4, -0.2) is 24.6 Å². The van der Waals surface area contributed by atoms with E-state index in [1.807, 2.05) is 0 Å². The van der Waals surface area contributed by atoms with E-state index in [1.165, 1.54) is 19.3 Å². The molecule has 0 spiro atoms. The number of nitrogens with zero attached hydrogens (tertiary/aromatic N) is 2. The van der Waals surface area contributed by atoms with Gasteiger partial charge >= 0.3 is 0 Å². The summed E-state index contributed by atoms with van der Waals surface area (Å²) in [5.41, 5.74) is 1.02. The zero-order valence-electron chi connectivity index (χ0n) is 10.6. The Bertz CT molecular complexity index is 386. The molecule has 0 radical (unpaired) electrons. The minimum Gasteiger partial charge on any atom is -0.432 e. The number of anilines is 1. The maximum atomic E-state index is 5.52. The summed E-state index contributed by atoms with van der Waals surface area (Å²) in [5, 5.41) is 3.44. The molecule has 0 amide bonds. The molecule has 17 heavy (non-hydrogen) atoms. The maximum Gasteiger partial charge on any atom is 0.297 e. The predicted octanol–water partition coefficient (Wildman–Crippen LogP) is 2.02. The Morgan fingerprint density at radius 3 is 2.94 bits per heavy atom. The molecule has 4 nitrogen and oxygen atoms in total. The van der Waals surface area contributed by atoms with Gasteiger partial charge in [0.2, 0.25) is 0 Å². The third kappa shape index (κ3) is 2.80. The normalized spacial score (nSPS) is 27.2. The van der Waals surface area contributed by atoms with E-state index in [2.05, 4.69) is 29.2 Å². The smallest absolute Gasteiger partial charge is 0.297 e. The second-order valence-electron chi connectivity index (χ2n) is 5.63. The van der Waals surface area contributed by atoms with E-state index in [0.717, 1.165) is 42.7 Å². The summed E-state index contributed by atoms with van der Waals surface area (Å²) in [5.74, 6) is 1.71. The monoisotopic (exact) mass is 235 g/mol. The summed E-state index contributed by atoms with van der Waals surface area (Å²) in [6, 6.07) is 1.48. The fraction of sp³-hybridized carbons (Fsp3) is 0.769. The lowest BCUT2D eigenvalue weighted by Crippen LogP contribution is -2.21. The van der Waals surface area contributed by atoms with Crippen LogP contribution < -0.4 is 10.2 Å². The lowest BCUT2D eigenvalue weighted by Gasteiger charge is -2.13. The lowest BCUT2D eigenvalue weighted by atomic mass is 10.3. The Morgan fingerprint density at radius 1 is 1.53 bits per heavy atom. The van der Waals surface area contributed by atoms with Gasteiger partial charge in [-0.25, -0.2) is 0 Å². The maximum absolute atomic E-state index is 5.52. The van der Waals surface area contributed by atoms with E-state index in [-0.39, 0.29) is 0 Å². The van der Waals surface area contributed by atoms with Crippen LogP contribution in [0, 0.1) is 11.8 Å². The average Bonchev–Trinajstić information content (AvgIpc) is 3.20. The number of hydrogen-bond acceptors (Lipinski definition) is 4. The van der Waals surface area contributed by atoms with E-state index in [1.54, 1.807) is 6.26 Å². The van der Waals surface area contributed by atoms with E-state index in [4.69, 9.17) is 4.42 Å². The van der Waals surface area contributed by atoms with Crippen molar-refractivity contribution < 1.29 is 4.42 Å². The van der Waals surface area contributed by atoms with Gasteiger partial charge in [0.15, 0.2) is 0 Å². The highest BCUT2D eigenvalue weighted by atomic mass is 16.4. The predicted molar refractivity (Wildman–Crippen MR) is 66.9 cm³/mol. The molecule has 1 aromatic heterocycles. The first kappa shape index (κ1) is 11.1. The fourth-order valence-electron chi connectivity index (χ4n) is 2.17. The molecule has 2 atom stereocenters. The first-order valence-electron chi connectivity index (χ1n) is 6.61. The van der Waals surface area contributed by atoms with Gasteiger partial charge in [-0.3, -0.25) is 0 Å². The van der Waals surface area contributed by atoms with Crippen LogP contribution in [0.4, 0.5) is 6.01 Å². The second kappa shape index (κ2) is 4.33. The molecule has 2 saturated carbocycles. The Morgan fingerprint density at radius 2 is 2.29 bits per heavy atom. The molecule has 1 aromatic rings. The highest BCUT2D eigenvalue weighted by molar-refractivity contribution is 5.26. The van der Waals surface area contributed by atoms with E-state index in [9.17, 15) is 0 Å². The topological polar surface area (TPSA) is 41.3 Å². The summed E-state index contributed by atoms with van der Waals surface area (Å²) in [4.78, 5) is 6.65. The Hall–Kier alpha value is -1.03. The van der Waals surface area contributed by atoms with E-state index in [0.29, 0.717) is 0 Å². The number of nitrogens with one attached hydrogen (secondary N) is 1. The molecule has 0 aromatic carbocycles. The van der Waals surface area contributed by atoms with Crippen LogP contribution in [0.3, 0.4) is 0 Å². The van der Waals surface area contributed by atoms with Gasteiger partial charge in [0.25, 0.3) is 6.01 Å². The third-order valence-electron chi connectivity index (χ3n) is 3.80. The lowest BCUT2D eigenvalue weighted by molar-refractivity contribution is 0.535. The molecule has 0 bridgehead atoms. The molecule has 3 rings (SSSR count). The number of aromatic nitrogens is 1. The van der Waals surface area contributed by atoms with Crippen molar-refractivity contribution in [1.29, 1.82) is 0 Å². The molecule has 4 heteroatoms. The van der Waals surface area contributed by atoms with Crippen LogP contribution in [0.2, 0.25) is 0 Å². The first-order chi connectivity index (χ1) is 8.22. The van der Waals surface area contributed by atoms with Gasteiger partial charge in [0.05, 0.1) is 5.69 Å². The van der Waals surface area contributed by atoms with Gasteiger partial charge < -0.3 is 14.6 Å². The average molecular weight is 235 g/mol. The van der Waals surface area contributed by atoms with Crippen molar-refractivity contribution in [3.8, 4) is 0 Å². The van der Waals surface area contributed by atoms with Crippen LogP contribution in [0.1, 0.15) is 31.9 Å². The molecular formula is C13H21N3O. The summed E-state index contributed by atoms with van der Waals surface area (Å²) >= 11 is 0. The molecule has 2 aliphatic rings. The fourth-order valence-corrected chi connectivity index (χ4v) is 2.17. The quantitative estimate of drug-likeness (QED) is 0.819. The minimum absolute atomic E-state index is 0.722. The zero-order valence-corrected chi connectivity index (χ0v) is 10.6. The third-order valence-corrected chi connectivity index (χ3v) is 3.80. The first-order valence-corrected chi connectivity index (χ1v) is 6.61. The summed E-state index contributed by atoms with van der Waals surface area (Å²) in [6.45, 7) is 4.21. The van der Waals surface area contributed by atoms with Gasteiger partial charge in [0, 0.05) is 26.2 Å². The van der Waals surface area contributed by atoms with Crippen molar-refractivity contribution in [2.24, 2.45) is 11.8 Å². The molecule has 2 unspecified atom stereocenters. The molecule has 1 heterocycles. The largest absolute Gasteiger partial charge is 0.432 e. The summed E-state index contributed by atoms with van der Waals surface area (Å²) in [6.07, 6.45) is 5.74. The van der Waals surface area contributed by atoms with E-state index >= 15 is 0 Å². The van der Waals surface area contributed by atoms with Gasteiger partial charge in [-0.15, -0.1) is 0 Å². The van der Waals surface area contributed by atoms with Crippen LogP contribution in [0.25, 0.3) is 0 Å². The van der Waals surface area contributed by atoms with Crippen molar-refractivity contribution in [1.82, 2.24) is 10.3 Å². The highest BCUT2D eigenvalue weighted by Crippen LogP contribution is 2.38. The van der Waals surface area contributed by atoms with Gasteiger partial charge in [0.1, 0.15) is 6.26 Å². The Kier molecular flexibility index (Phi) is 2.82. The Labute approximate surface area is 102 Å². The SMILES string of the molecule is CC1CC1CN(C)c1nc(CNC2CC2)co1. The molecule has 0 aliphatic heterocycles. The molecule has 2 fully saturated rings. The second-order valence-corrected chi connectivity index (χ2v) is 5.63. The molecular weight excluding hydrogens is 214 g/mol. The standard InChI is InChI=1S/C13H21N3O/c1-9-5-10(9)7-16(2)13-15-12(8-17-13)6-14-11-3-4-11/h8-11,14H,3-7H2,1-2H3. The van der Waals surface area contributed by atoms with Crippen molar-refractivity contribution in [2.75, 3.05) is 18.5 Å². The zero-order chi connectivity index (χ0) is 11.8. The van der Waals surface area contributed by atoms with Crippen LogP contribution in [-0.2, 0) is 6.54 Å². The van der Waals surface area contributed by atoms with Crippen molar-refractivity contribution >= 4 is 6.01 Å². The highest BCUT2D eigenvalue weighted by Gasteiger charge is 2.34. The molecule has 94 valence electrons. The van der Waals surface area contributed by atoms with Gasteiger partial charge in [-0.1, -0.05) is 6.92 Å². The van der Waals surface area contributed by atoms with Crippen LogP contribution >= 0.6 is 0 Å². The van der Waals surface area contributed by atoms with Gasteiger partial charge in [-0.05, 0) is 31.1 Å². The Balaban J connectivity index is 1.51. The number of rotatable bonds is 6. The van der Waals surface area contributed by atoms with Gasteiger partial charge in [-0.2, -0.15) is 4.98 Å².